The van der Waals surface area contributed by atoms with Gasteiger partial charge in [0.2, 0.25) is 10.0 Å². The predicted octanol–water partition coefficient (Wildman–Crippen LogP) is 3.00. The van der Waals surface area contributed by atoms with Crippen molar-refractivity contribution >= 4 is 60.6 Å². The molecule has 2 aromatic carbocycles. The van der Waals surface area contributed by atoms with Crippen molar-refractivity contribution in [3.05, 3.63) is 57.4 Å². The molecule has 10 heteroatoms. The summed E-state index contributed by atoms with van der Waals surface area (Å²) in [4.78, 5) is 17.0. The Balaban J connectivity index is 1.85. The molecule has 0 spiro atoms. The van der Waals surface area contributed by atoms with Gasteiger partial charge in [-0.2, -0.15) is 0 Å². The van der Waals surface area contributed by atoms with Gasteiger partial charge in [0.25, 0.3) is 5.91 Å². The van der Waals surface area contributed by atoms with Crippen molar-refractivity contribution in [1.82, 2.24) is 5.32 Å². The molecule has 1 aliphatic rings. The molecule has 1 amide bonds. The maximum atomic E-state index is 12.2. The van der Waals surface area contributed by atoms with Crippen LogP contribution < -0.4 is 15.2 Å². The molecule has 0 bridgehead atoms. The first-order chi connectivity index (χ1) is 12.8. The number of hydrogen-bond acceptors (Lipinski definition) is 6. The van der Waals surface area contributed by atoms with Crippen LogP contribution in [0.5, 0.6) is 5.75 Å². The highest BCUT2D eigenvalue weighted by Gasteiger charge is 2.24. The number of thioether (sulfide) groups is 1. The molecular formula is C17H14BrN3O4S2. The number of carbonyl (C=O) groups is 1. The van der Waals surface area contributed by atoms with Gasteiger partial charge in [-0.25, -0.2) is 18.5 Å². The third kappa shape index (κ3) is 4.78. The molecule has 0 radical (unpaired) electrons. The second-order valence-electron chi connectivity index (χ2n) is 5.41. The number of carbonyl (C=O) groups excluding carboxylic acids is 1. The van der Waals surface area contributed by atoms with E-state index < -0.39 is 10.0 Å². The zero-order valence-electron chi connectivity index (χ0n) is 14.0. The molecule has 7 nitrogen and oxygen atoms in total. The molecule has 1 aliphatic heterocycles. The molecule has 2 aromatic rings. The third-order valence-corrected chi connectivity index (χ3v) is 5.86. The molecule has 0 aliphatic carbocycles. The zero-order valence-corrected chi connectivity index (χ0v) is 17.2. The fourth-order valence-corrected chi connectivity index (χ4v) is 3.99. The molecule has 0 aromatic heterocycles. The van der Waals surface area contributed by atoms with E-state index in [-0.39, 0.29) is 10.8 Å². The number of benzene rings is 2. The van der Waals surface area contributed by atoms with Gasteiger partial charge in [0, 0.05) is 10.0 Å². The molecule has 0 atom stereocenters. The average molecular weight is 468 g/mol. The fourth-order valence-electron chi connectivity index (χ4n) is 2.27. The van der Waals surface area contributed by atoms with Gasteiger partial charge in [-0.05, 0) is 60.3 Å². The van der Waals surface area contributed by atoms with Crippen LogP contribution >= 0.6 is 27.7 Å². The molecule has 0 unspecified atom stereocenters. The highest BCUT2D eigenvalue weighted by molar-refractivity contribution is 9.10. The summed E-state index contributed by atoms with van der Waals surface area (Å²) in [5.74, 6) is 0.366. The van der Waals surface area contributed by atoms with Crippen LogP contribution in [0, 0.1) is 0 Å². The quantitative estimate of drug-likeness (QED) is 0.671. The number of amidine groups is 1. The Morgan fingerprint density at radius 1 is 1.22 bits per heavy atom. The minimum atomic E-state index is -3.76. The maximum absolute atomic E-state index is 12.2. The van der Waals surface area contributed by atoms with E-state index in [9.17, 15) is 13.2 Å². The summed E-state index contributed by atoms with van der Waals surface area (Å²) in [5.41, 5.74) is 1.25. The smallest absolute Gasteiger partial charge is 0.264 e. The summed E-state index contributed by atoms with van der Waals surface area (Å²) in [5, 5.41) is 8.14. The number of halogens is 1. The Labute approximate surface area is 168 Å². The molecule has 140 valence electrons. The predicted molar refractivity (Wildman–Crippen MR) is 109 cm³/mol. The van der Waals surface area contributed by atoms with Crippen molar-refractivity contribution in [3.8, 4) is 5.75 Å². The van der Waals surface area contributed by atoms with Crippen molar-refractivity contribution in [3.63, 3.8) is 0 Å². The fraction of sp³-hybridized carbons (Fsp3) is 0.0588. The minimum Gasteiger partial charge on any atom is -0.496 e. The summed E-state index contributed by atoms with van der Waals surface area (Å²) < 4.78 is 28.7. The number of methoxy groups -OCH3 is 1. The zero-order chi connectivity index (χ0) is 19.6. The summed E-state index contributed by atoms with van der Waals surface area (Å²) in [6.45, 7) is 0. The van der Waals surface area contributed by atoms with E-state index in [0.717, 1.165) is 10.0 Å². The highest BCUT2D eigenvalue weighted by atomic mass is 79.9. The number of hydrogen-bond donors (Lipinski definition) is 2. The van der Waals surface area contributed by atoms with Crippen LogP contribution in [0.2, 0.25) is 0 Å². The Kier molecular flexibility index (Phi) is 5.70. The summed E-state index contributed by atoms with van der Waals surface area (Å²) in [6, 6.07) is 11.2. The Bertz CT molecular complexity index is 1060. The van der Waals surface area contributed by atoms with Gasteiger partial charge in [0.05, 0.1) is 22.6 Å². The summed E-state index contributed by atoms with van der Waals surface area (Å²) in [7, 11) is -2.20. The van der Waals surface area contributed by atoms with Crippen molar-refractivity contribution in [2.45, 2.75) is 4.90 Å². The maximum Gasteiger partial charge on any atom is 0.264 e. The Hall–Kier alpha value is -2.14. The second-order valence-corrected chi connectivity index (χ2v) is 8.91. The molecule has 1 fully saturated rings. The van der Waals surface area contributed by atoms with Crippen LogP contribution in [0.4, 0.5) is 5.69 Å². The number of nitrogens with zero attached hydrogens (tertiary/aromatic N) is 1. The Morgan fingerprint density at radius 3 is 2.56 bits per heavy atom. The first kappa shape index (κ1) is 19.6. The molecule has 1 heterocycles. The number of rotatable bonds is 4. The van der Waals surface area contributed by atoms with E-state index in [0.29, 0.717) is 21.5 Å². The van der Waals surface area contributed by atoms with Crippen LogP contribution in [-0.4, -0.2) is 26.6 Å². The van der Waals surface area contributed by atoms with Crippen molar-refractivity contribution in [1.29, 1.82) is 0 Å². The first-order valence-corrected chi connectivity index (χ1v) is 10.7. The monoisotopic (exact) mass is 467 g/mol. The van der Waals surface area contributed by atoms with Crippen LogP contribution in [0.25, 0.3) is 6.08 Å². The van der Waals surface area contributed by atoms with Crippen LogP contribution in [0.15, 0.2) is 61.7 Å². The van der Waals surface area contributed by atoms with E-state index in [1.54, 1.807) is 19.3 Å². The Morgan fingerprint density at radius 2 is 1.93 bits per heavy atom. The number of nitrogens with one attached hydrogen (secondary N) is 1. The van der Waals surface area contributed by atoms with Crippen molar-refractivity contribution in [2.75, 3.05) is 7.11 Å². The van der Waals surface area contributed by atoms with Gasteiger partial charge in [0.1, 0.15) is 5.75 Å². The van der Waals surface area contributed by atoms with Crippen molar-refractivity contribution in [2.24, 2.45) is 10.1 Å². The van der Waals surface area contributed by atoms with Gasteiger partial charge in [-0.1, -0.05) is 15.9 Å². The van der Waals surface area contributed by atoms with Gasteiger partial charge >= 0.3 is 0 Å². The largest absolute Gasteiger partial charge is 0.496 e. The molecule has 27 heavy (non-hydrogen) atoms. The van der Waals surface area contributed by atoms with E-state index in [1.807, 2.05) is 12.1 Å². The van der Waals surface area contributed by atoms with Crippen LogP contribution in [-0.2, 0) is 14.8 Å². The minimum absolute atomic E-state index is 0.00288. The van der Waals surface area contributed by atoms with E-state index >= 15 is 0 Å². The lowest BCUT2D eigenvalue weighted by Gasteiger charge is -2.05. The lowest BCUT2D eigenvalue weighted by atomic mass is 10.2. The van der Waals surface area contributed by atoms with Crippen LogP contribution in [0.1, 0.15) is 5.56 Å². The number of ether oxygens (including phenoxy) is 1. The van der Waals surface area contributed by atoms with Gasteiger partial charge in [0.15, 0.2) is 5.17 Å². The van der Waals surface area contributed by atoms with E-state index in [4.69, 9.17) is 9.88 Å². The lowest BCUT2D eigenvalue weighted by Crippen LogP contribution is -2.19. The van der Waals surface area contributed by atoms with Gasteiger partial charge in [-0.15, -0.1) is 0 Å². The normalized spacial score (nSPS) is 17.4. The highest BCUT2D eigenvalue weighted by Crippen LogP contribution is 2.32. The topological polar surface area (TPSA) is 111 Å². The molecular weight excluding hydrogens is 454 g/mol. The first-order valence-electron chi connectivity index (χ1n) is 7.52. The number of aliphatic imine (C=N–C) groups is 1. The van der Waals surface area contributed by atoms with Crippen LogP contribution in [0.3, 0.4) is 0 Å². The van der Waals surface area contributed by atoms with E-state index in [1.165, 1.54) is 36.0 Å². The van der Waals surface area contributed by atoms with Crippen molar-refractivity contribution < 1.29 is 17.9 Å². The summed E-state index contributed by atoms with van der Waals surface area (Å²) >= 11 is 4.58. The number of primary sulfonamides is 1. The average Bonchev–Trinajstić information content (AvgIpc) is 2.94. The lowest BCUT2D eigenvalue weighted by molar-refractivity contribution is -0.115. The number of nitrogens with two attached hydrogens (primary N) is 1. The van der Waals surface area contributed by atoms with E-state index in [2.05, 4.69) is 26.2 Å². The SMILES string of the molecule is COc1ccc(Br)cc1/C=C1/SC(=Nc2ccc(S(N)(=O)=O)cc2)NC1=O. The molecule has 1 saturated heterocycles. The van der Waals surface area contributed by atoms with Gasteiger partial charge in [-0.3, -0.25) is 4.79 Å². The molecule has 0 saturated carbocycles. The second kappa shape index (κ2) is 7.85. The summed E-state index contributed by atoms with van der Waals surface area (Å²) in [6.07, 6.45) is 1.72. The molecule has 3 rings (SSSR count). The third-order valence-electron chi connectivity index (χ3n) is 3.53. The number of sulfonamides is 1. The standard InChI is InChI=1S/C17H14BrN3O4S2/c1-25-14-7-2-11(18)8-10(14)9-15-16(22)21-17(26-15)20-12-3-5-13(6-4-12)27(19,23)24/h2-9H,1H3,(H2,19,23,24)(H,20,21,22)/b15-9+. The molecule has 3 N–H and O–H groups in total. The number of amides is 1. The van der Waals surface area contributed by atoms with Gasteiger partial charge < -0.3 is 10.1 Å².